The van der Waals surface area contributed by atoms with Gasteiger partial charge >= 0.3 is 0 Å². The largest absolute Gasteiger partial charge is 0.384 e. The van der Waals surface area contributed by atoms with Crippen LogP contribution in [0.25, 0.3) is 0 Å². The third-order valence-electron chi connectivity index (χ3n) is 4.30. The minimum absolute atomic E-state index is 0.725. The predicted octanol–water partition coefficient (Wildman–Crippen LogP) is 6.84. The molecule has 1 N–H and O–H groups in total. The Balaban J connectivity index is 1.92. The molecule has 1 aromatic rings. The van der Waals surface area contributed by atoms with Crippen LogP contribution >= 0.6 is 0 Å². The highest BCUT2D eigenvalue weighted by molar-refractivity contribution is 5.56. The fraction of sp³-hybridized carbons (Fsp3) is 0.591. The van der Waals surface area contributed by atoms with Crippen LogP contribution in [-0.2, 0) is 0 Å². The van der Waals surface area contributed by atoms with Crippen molar-refractivity contribution < 1.29 is 0 Å². The fourth-order valence-electron chi connectivity index (χ4n) is 2.81. The minimum atomic E-state index is 0.725. The normalized spacial score (nSPS) is 10.8. The van der Waals surface area contributed by atoms with E-state index in [1.807, 2.05) is 24.3 Å². The van der Waals surface area contributed by atoms with E-state index in [1.165, 1.54) is 57.8 Å². The molecule has 0 aliphatic rings. The molecule has 0 saturated carbocycles. The van der Waals surface area contributed by atoms with E-state index in [0.29, 0.717) is 0 Å². The molecule has 0 saturated heterocycles. The first-order valence-electron chi connectivity index (χ1n) is 9.76. The highest BCUT2D eigenvalue weighted by Gasteiger charge is 1.98. The summed E-state index contributed by atoms with van der Waals surface area (Å²) in [6.07, 6.45) is 19.2. The summed E-state index contributed by atoms with van der Waals surface area (Å²) >= 11 is 0. The summed E-state index contributed by atoms with van der Waals surface area (Å²) in [7, 11) is 0. The number of allylic oxidation sites excluding steroid dienone is 2. The second kappa shape index (κ2) is 14.8. The Morgan fingerprint density at radius 3 is 2.21 bits per heavy atom. The van der Waals surface area contributed by atoms with E-state index >= 15 is 0 Å². The molecule has 0 aliphatic carbocycles. The molecule has 132 valence electrons. The van der Waals surface area contributed by atoms with Crippen LogP contribution in [0.4, 0.5) is 5.69 Å². The standard InChI is InChI=1S/C22H34N2/c1-2-3-4-5-6-7-8-9-10-11-12-13-16-19-24-22-18-15-14-17-21(22)20-23/h11-12,14-15,17-18,24H,2-10,13,16,19H2,1H3/b12-11+. The second-order valence-electron chi connectivity index (χ2n) is 6.46. The monoisotopic (exact) mass is 326 g/mol. The molecule has 1 rings (SSSR count). The van der Waals surface area contributed by atoms with Gasteiger partial charge in [-0.15, -0.1) is 0 Å². The lowest BCUT2D eigenvalue weighted by molar-refractivity contribution is 0.577. The van der Waals surface area contributed by atoms with Gasteiger partial charge < -0.3 is 5.32 Å². The zero-order valence-corrected chi connectivity index (χ0v) is 15.4. The van der Waals surface area contributed by atoms with Crippen LogP contribution in [0.5, 0.6) is 0 Å². The minimum Gasteiger partial charge on any atom is -0.384 e. The summed E-state index contributed by atoms with van der Waals surface area (Å²) in [6, 6.07) is 9.91. The third kappa shape index (κ3) is 10.1. The third-order valence-corrected chi connectivity index (χ3v) is 4.30. The van der Waals surface area contributed by atoms with Crippen molar-refractivity contribution in [1.29, 1.82) is 5.26 Å². The highest BCUT2D eigenvalue weighted by atomic mass is 14.9. The molecule has 0 heterocycles. The molecule has 0 fully saturated rings. The topological polar surface area (TPSA) is 35.8 Å². The highest BCUT2D eigenvalue weighted by Crippen LogP contribution is 2.13. The average Bonchev–Trinajstić information content (AvgIpc) is 2.62. The number of anilines is 1. The summed E-state index contributed by atoms with van der Waals surface area (Å²) in [5, 5.41) is 12.4. The molecule has 0 atom stereocenters. The van der Waals surface area contributed by atoms with Gasteiger partial charge in [0.05, 0.1) is 11.3 Å². The van der Waals surface area contributed by atoms with E-state index in [9.17, 15) is 0 Å². The van der Waals surface area contributed by atoms with Crippen molar-refractivity contribution in [3.8, 4) is 6.07 Å². The average molecular weight is 327 g/mol. The van der Waals surface area contributed by atoms with Gasteiger partial charge in [-0.1, -0.05) is 76.2 Å². The van der Waals surface area contributed by atoms with Crippen molar-refractivity contribution in [2.45, 2.75) is 77.6 Å². The summed E-state index contributed by atoms with van der Waals surface area (Å²) in [5.41, 5.74) is 1.67. The fourth-order valence-corrected chi connectivity index (χ4v) is 2.81. The molecule has 0 aromatic heterocycles. The van der Waals surface area contributed by atoms with Gasteiger partial charge in [-0.25, -0.2) is 0 Å². The zero-order chi connectivity index (χ0) is 17.3. The van der Waals surface area contributed by atoms with E-state index in [4.69, 9.17) is 5.26 Å². The predicted molar refractivity (Wildman–Crippen MR) is 105 cm³/mol. The maximum atomic E-state index is 9.03. The number of benzene rings is 1. The molecule has 24 heavy (non-hydrogen) atoms. The van der Waals surface area contributed by atoms with Crippen molar-refractivity contribution in [1.82, 2.24) is 0 Å². The number of nitriles is 1. The summed E-state index contributed by atoms with van der Waals surface area (Å²) in [5.74, 6) is 0. The van der Waals surface area contributed by atoms with Crippen LogP contribution in [-0.4, -0.2) is 6.54 Å². The lowest BCUT2D eigenvalue weighted by Gasteiger charge is -2.06. The van der Waals surface area contributed by atoms with Crippen LogP contribution in [0.15, 0.2) is 36.4 Å². The first kappa shape index (κ1) is 20.3. The Morgan fingerprint density at radius 1 is 0.875 bits per heavy atom. The molecule has 0 spiro atoms. The quantitative estimate of drug-likeness (QED) is 0.300. The molecule has 1 aromatic carbocycles. The Labute approximate surface area is 149 Å². The SMILES string of the molecule is CCCCCCCCCC/C=C/CCCNc1ccccc1C#N. The molecular formula is C22H34N2. The van der Waals surface area contributed by atoms with Gasteiger partial charge in [0.15, 0.2) is 0 Å². The van der Waals surface area contributed by atoms with E-state index in [0.717, 1.165) is 30.6 Å². The molecule has 0 bridgehead atoms. The Bertz CT molecular complexity index is 485. The number of para-hydroxylation sites is 1. The molecule has 0 radical (unpaired) electrons. The number of nitrogens with zero attached hydrogens (tertiary/aromatic N) is 1. The number of rotatable bonds is 14. The van der Waals surface area contributed by atoms with Crippen LogP contribution in [0.3, 0.4) is 0 Å². The number of nitrogens with one attached hydrogen (secondary N) is 1. The van der Waals surface area contributed by atoms with Crippen molar-refractivity contribution in [2.75, 3.05) is 11.9 Å². The Morgan fingerprint density at radius 2 is 1.50 bits per heavy atom. The Hall–Kier alpha value is -1.75. The zero-order valence-electron chi connectivity index (χ0n) is 15.4. The van der Waals surface area contributed by atoms with E-state index < -0.39 is 0 Å². The van der Waals surface area contributed by atoms with Crippen molar-refractivity contribution in [2.24, 2.45) is 0 Å². The van der Waals surface area contributed by atoms with Gasteiger partial charge in [-0.05, 0) is 37.8 Å². The Kier molecular flexibility index (Phi) is 12.5. The lowest BCUT2D eigenvalue weighted by Crippen LogP contribution is -2.02. The van der Waals surface area contributed by atoms with Crippen molar-refractivity contribution >= 4 is 5.69 Å². The van der Waals surface area contributed by atoms with E-state index in [1.54, 1.807) is 0 Å². The summed E-state index contributed by atoms with van der Waals surface area (Å²) in [6.45, 7) is 3.19. The van der Waals surface area contributed by atoms with Crippen LogP contribution in [0.2, 0.25) is 0 Å². The van der Waals surface area contributed by atoms with Gasteiger partial charge in [0.2, 0.25) is 0 Å². The van der Waals surface area contributed by atoms with Gasteiger partial charge in [-0.3, -0.25) is 0 Å². The van der Waals surface area contributed by atoms with Crippen LogP contribution in [0, 0.1) is 11.3 Å². The second-order valence-corrected chi connectivity index (χ2v) is 6.46. The van der Waals surface area contributed by atoms with Crippen LogP contribution in [0.1, 0.15) is 83.1 Å². The lowest BCUT2D eigenvalue weighted by atomic mass is 10.1. The smallest absolute Gasteiger partial charge is 0.101 e. The first-order valence-corrected chi connectivity index (χ1v) is 9.76. The van der Waals surface area contributed by atoms with Crippen molar-refractivity contribution in [3.05, 3.63) is 42.0 Å². The van der Waals surface area contributed by atoms with Crippen molar-refractivity contribution in [3.63, 3.8) is 0 Å². The molecule has 0 aliphatic heterocycles. The van der Waals surface area contributed by atoms with E-state index in [-0.39, 0.29) is 0 Å². The molecule has 2 heteroatoms. The molecule has 2 nitrogen and oxygen atoms in total. The number of unbranched alkanes of at least 4 members (excludes halogenated alkanes) is 9. The molecular weight excluding hydrogens is 292 g/mol. The maximum Gasteiger partial charge on any atom is 0.101 e. The molecule has 0 amide bonds. The number of hydrogen-bond donors (Lipinski definition) is 1. The summed E-state index contributed by atoms with van der Waals surface area (Å²) in [4.78, 5) is 0. The first-order chi connectivity index (χ1) is 11.9. The molecule has 0 unspecified atom stereocenters. The van der Waals surface area contributed by atoms with Gasteiger partial charge in [0.25, 0.3) is 0 Å². The van der Waals surface area contributed by atoms with Gasteiger partial charge in [0, 0.05) is 6.54 Å². The van der Waals surface area contributed by atoms with Gasteiger partial charge in [-0.2, -0.15) is 5.26 Å². The summed E-state index contributed by atoms with van der Waals surface area (Å²) < 4.78 is 0. The maximum absolute atomic E-state index is 9.03. The number of hydrogen-bond acceptors (Lipinski definition) is 2. The van der Waals surface area contributed by atoms with Gasteiger partial charge in [0.1, 0.15) is 6.07 Å². The van der Waals surface area contributed by atoms with E-state index in [2.05, 4.69) is 30.5 Å². The van der Waals surface area contributed by atoms with Crippen LogP contribution < -0.4 is 5.32 Å².